The summed E-state index contributed by atoms with van der Waals surface area (Å²) in [5.74, 6) is 0.547. The number of hydrogen-bond acceptors (Lipinski definition) is 1. The number of imidazole rings is 1. The molecule has 0 spiro atoms. The molecule has 0 amide bonds. The molecule has 1 aromatic heterocycles. The van der Waals surface area contributed by atoms with Crippen molar-refractivity contribution in [2.24, 2.45) is 5.92 Å². The van der Waals surface area contributed by atoms with Crippen LogP contribution in [-0.2, 0) is 5.54 Å². The fraction of sp³-hybridized carbons (Fsp3) is 0.667. The molecule has 1 aliphatic rings. The van der Waals surface area contributed by atoms with Gasteiger partial charge in [-0.25, -0.2) is 4.79 Å². The molecular weight excluding hydrogens is 152 g/mol. The minimum atomic E-state index is 0.0289. The van der Waals surface area contributed by atoms with Crippen LogP contribution < -0.4 is 5.69 Å². The van der Waals surface area contributed by atoms with Crippen LogP contribution in [0.25, 0.3) is 0 Å². The van der Waals surface area contributed by atoms with E-state index in [9.17, 15) is 4.79 Å². The minimum absolute atomic E-state index is 0.0289. The van der Waals surface area contributed by atoms with Crippen LogP contribution in [0.15, 0.2) is 17.2 Å². The Balaban J connectivity index is 2.43. The Morgan fingerprint density at radius 2 is 2.25 bits per heavy atom. The molecule has 1 aromatic rings. The van der Waals surface area contributed by atoms with E-state index < -0.39 is 0 Å². The molecule has 1 heterocycles. The van der Waals surface area contributed by atoms with Crippen LogP contribution >= 0.6 is 0 Å². The van der Waals surface area contributed by atoms with Crippen molar-refractivity contribution in [3.63, 3.8) is 0 Å². The summed E-state index contributed by atoms with van der Waals surface area (Å²) >= 11 is 0. The number of hydrogen-bond donors (Lipinski definition) is 1. The Labute approximate surface area is 71.4 Å². The molecule has 0 atom stereocenters. The van der Waals surface area contributed by atoms with E-state index in [1.165, 1.54) is 0 Å². The molecule has 0 radical (unpaired) electrons. The maximum Gasteiger partial charge on any atom is 0.326 e. The maximum absolute atomic E-state index is 11.3. The van der Waals surface area contributed by atoms with E-state index in [1.807, 2.05) is 10.8 Å². The van der Waals surface area contributed by atoms with Gasteiger partial charge < -0.3 is 4.98 Å². The summed E-state index contributed by atoms with van der Waals surface area (Å²) in [4.78, 5) is 14.0. The van der Waals surface area contributed by atoms with E-state index in [0.717, 1.165) is 12.8 Å². The Hall–Kier alpha value is -0.990. The van der Waals surface area contributed by atoms with E-state index in [-0.39, 0.29) is 11.2 Å². The van der Waals surface area contributed by atoms with Crippen LogP contribution in [-0.4, -0.2) is 9.55 Å². The predicted molar refractivity (Wildman–Crippen MR) is 47.1 cm³/mol. The Kier molecular flexibility index (Phi) is 1.43. The van der Waals surface area contributed by atoms with Crippen LogP contribution in [0, 0.1) is 5.92 Å². The SMILES string of the molecule is CC(C)C1(n2cc[nH]c2=O)CC1. The van der Waals surface area contributed by atoms with E-state index in [4.69, 9.17) is 0 Å². The monoisotopic (exact) mass is 166 g/mol. The lowest BCUT2D eigenvalue weighted by atomic mass is 10.0. The van der Waals surface area contributed by atoms with Gasteiger partial charge in [-0.15, -0.1) is 0 Å². The van der Waals surface area contributed by atoms with Gasteiger partial charge in [0.1, 0.15) is 0 Å². The number of H-pyrrole nitrogens is 1. The van der Waals surface area contributed by atoms with Gasteiger partial charge in [0.25, 0.3) is 0 Å². The molecule has 0 aliphatic heterocycles. The maximum atomic E-state index is 11.3. The van der Waals surface area contributed by atoms with Gasteiger partial charge in [-0.1, -0.05) is 13.8 Å². The van der Waals surface area contributed by atoms with Gasteiger partial charge in [-0.3, -0.25) is 4.57 Å². The number of nitrogens with zero attached hydrogens (tertiary/aromatic N) is 1. The topological polar surface area (TPSA) is 37.8 Å². The molecule has 0 bridgehead atoms. The van der Waals surface area contributed by atoms with E-state index in [1.54, 1.807) is 6.20 Å². The highest BCUT2D eigenvalue weighted by molar-refractivity contribution is 5.04. The Bertz CT molecular complexity index is 330. The van der Waals surface area contributed by atoms with Gasteiger partial charge in [-0.2, -0.15) is 0 Å². The smallest absolute Gasteiger partial charge is 0.313 e. The molecule has 1 saturated carbocycles. The first kappa shape index (κ1) is 7.65. The van der Waals surface area contributed by atoms with E-state index in [2.05, 4.69) is 18.8 Å². The van der Waals surface area contributed by atoms with Crippen molar-refractivity contribution in [1.82, 2.24) is 9.55 Å². The fourth-order valence-corrected chi connectivity index (χ4v) is 1.90. The van der Waals surface area contributed by atoms with Gasteiger partial charge >= 0.3 is 5.69 Å². The molecule has 12 heavy (non-hydrogen) atoms. The number of nitrogens with one attached hydrogen (secondary N) is 1. The number of rotatable bonds is 2. The molecule has 3 nitrogen and oxygen atoms in total. The van der Waals surface area contributed by atoms with Crippen molar-refractivity contribution in [2.45, 2.75) is 32.2 Å². The molecule has 3 heteroatoms. The van der Waals surface area contributed by atoms with Gasteiger partial charge in [0, 0.05) is 12.4 Å². The van der Waals surface area contributed by atoms with Crippen LogP contribution in [0.4, 0.5) is 0 Å². The minimum Gasteiger partial charge on any atom is -0.313 e. The van der Waals surface area contributed by atoms with Crippen molar-refractivity contribution in [3.05, 3.63) is 22.9 Å². The van der Waals surface area contributed by atoms with Crippen molar-refractivity contribution in [2.75, 3.05) is 0 Å². The average Bonchev–Trinajstić information content (AvgIpc) is 2.71. The first-order valence-corrected chi connectivity index (χ1v) is 4.43. The van der Waals surface area contributed by atoms with Crippen LogP contribution in [0.3, 0.4) is 0 Å². The quantitative estimate of drug-likeness (QED) is 0.707. The molecule has 0 saturated heterocycles. The Morgan fingerprint density at radius 3 is 2.58 bits per heavy atom. The summed E-state index contributed by atoms with van der Waals surface area (Å²) < 4.78 is 1.84. The molecule has 0 aromatic carbocycles. The summed E-state index contributed by atoms with van der Waals surface area (Å²) in [6, 6.07) is 0. The van der Waals surface area contributed by atoms with Crippen molar-refractivity contribution in [1.29, 1.82) is 0 Å². The highest BCUT2D eigenvalue weighted by Crippen LogP contribution is 2.48. The van der Waals surface area contributed by atoms with Gasteiger partial charge in [0.15, 0.2) is 0 Å². The summed E-state index contributed by atoms with van der Waals surface area (Å²) in [6.07, 6.45) is 5.85. The van der Waals surface area contributed by atoms with Gasteiger partial charge in [0.2, 0.25) is 0 Å². The standard InChI is InChI=1S/C9H14N2O/c1-7(2)9(3-4-9)11-6-5-10-8(11)12/h5-7H,3-4H2,1-2H3,(H,10,12). The third-order valence-electron chi connectivity index (χ3n) is 2.97. The molecule has 1 N–H and O–H groups in total. The first-order chi connectivity index (χ1) is 5.67. The lowest BCUT2D eigenvalue weighted by molar-refractivity contribution is 0.342. The third kappa shape index (κ3) is 0.854. The number of aromatic amines is 1. The summed E-state index contributed by atoms with van der Waals surface area (Å²) in [5.41, 5.74) is 0.165. The Morgan fingerprint density at radius 1 is 1.58 bits per heavy atom. The second-order valence-electron chi connectivity index (χ2n) is 3.89. The summed E-state index contributed by atoms with van der Waals surface area (Å²) in [5, 5.41) is 0. The lowest BCUT2D eigenvalue weighted by Crippen LogP contribution is -2.31. The average molecular weight is 166 g/mol. The van der Waals surface area contributed by atoms with Gasteiger partial charge in [-0.05, 0) is 18.8 Å². The first-order valence-electron chi connectivity index (χ1n) is 4.43. The summed E-state index contributed by atoms with van der Waals surface area (Å²) in [6.45, 7) is 4.35. The van der Waals surface area contributed by atoms with Crippen molar-refractivity contribution >= 4 is 0 Å². The lowest BCUT2D eigenvalue weighted by Gasteiger charge is -2.19. The zero-order valence-corrected chi connectivity index (χ0v) is 7.50. The van der Waals surface area contributed by atoms with E-state index in [0.29, 0.717) is 5.92 Å². The number of aromatic nitrogens is 2. The second-order valence-corrected chi connectivity index (χ2v) is 3.89. The molecule has 1 fully saturated rings. The highest BCUT2D eigenvalue weighted by Gasteiger charge is 2.47. The molecule has 1 aliphatic carbocycles. The highest BCUT2D eigenvalue weighted by atomic mass is 16.1. The van der Waals surface area contributed by atoms with Crippen LogP contribution in [0.5, 0.6) is 0 Å². The third-order valence-corrected chi connectivity index (χ3v) is 2.97. The molecule has 66 valence electrons. The van der Waals surface area contributed by atoms with Crippen LogP contribution in [0.2, 0.25) is 0 Å². The molecular formula is C9H14N2O. The van der Waals surface area contributed by atoms with E-state index >= 15 is 0 Å². The zero-order chi connectivity index (χ0) is 8.77. The normalized spacial score (nSPS) is 19.9. The predicted octanol–water partition coefficient (Wildman–Crippen LogP) is 1.32. The largest absolute Gasteiger partial charge is 0.326 e. The summed E-state index contributed by atoms with van der Waals surface area (Å²) in [7, 11) is 0. The second kappa shape index (κ2) is 2.25. The molecule has 0 unspecified atom stereocenters. The van der Waals surface area contributed by atoms with Crippen molar-refractivity contribution < 1.29 is 0 Å². The van der Waals surface area contributed by atoms with Gasteiger partial charge in [0.05, 0.1) is 5.54 Å². The van der Waals surface area contributed by atoms with Crippen LogP contribution in [0.1, 0.15) is 26.7 Å². The zero-order valence-electron chi connectivity index (χ0n) is 7.50. The van der Waals surface area contributed by atoms with Crippen molar-refractivity contribution in [3.8, 4) is 0 Å². The molecule has 2 rings (SSSR count). The fourth-order valence-electron chi connectivity index (χ4n) is 1.90.